The predicted molar refractivity (Wildman–Crippen MR) is 44.0 cm³/mol. The molecule has 0 aromatic carbocycles. The molecule has 70 valence electrons. The summed E-state index contributed by atoms with van der Waals surface area (Å²) in [5, 5.41) is 18.0. The van der Waals surface area contributed by atoms with Gasteiger partial charge in [0, 0.05) is 18.8 Å². The third-order valence-electron chi connectivity index (χ3n) is 1.62. The lowest BCUT2D eigenvalue weighted by molar-refractivity contribution is -0.156. The molecular weight excluding hydrogens is 172 g/mol. The quantitative estimate of drug-likeness (QED) is 0.679. The smallest absolute Gasteiger partial charge is 0.335 e. The number of hydrogen-bond acceptors (Lipinski definition) is 4. The van der Waals surface area contributed by atoms with E-state index in [1.165, 1.54) is 25.6 Å². The molecule has 0 saturated heterocycles. The third-order valence-corrected chi connectivity index (χ3v) is 1.62. The molecule has 0 amide bonds. The van der Waals surface area contributed by atoms with Crippen LogP contribution in [0.15, 0.2) is 18.7 Å². The van der Waals surface area contributed by atoms with Crippen LogP contribution in [0.5, 0.6) is 0 Å². The SMILES string of the molecule is CC(O)(Cc1cncnc1)C(=O)O. The maximum atomic E-state index is 10.5. The van der Waals surface area contributed by atoms with Gasteiger partial charge in [0.25, 0.3) is 0 Å². The zero-order valence-electron chi connectivity index (χ0n) is 7.14. The van der Waals surface area contributed by atoms with Crippen LogP contribution < -0.4 is 0 Å². The van der Waals surface area contributed by atoms with Crippen molar-refractivity contribution in [2.24, 2.45) is 0 Å². The molecule has 0 aliphatic carbocycles. The maximum Gasteiger partial charge on any atom is 0.335 e. The zero-order valence-corrected chi connectivity index (χ0v) is 7.14. The predicted octanol–water partition coefficient (Wildman–Crippen LogP) is -0.145. The molecule has 1 heterocycles. The minimum Gasteiger partial charge on any atom is -0.479 e. The van der Waals surface area contributed by atoms with E-state index in [4.69, 9.17) is 5.11 Å². The van der Waals surface area contributed by atoms with Gasteiger partial charge in [-0.25, -0.2) is 14.8 Å². The fraction of sp³-hybridized carbons (Fsp3) is 0.375. The average Bonchev–Trinajstić information content (AvgIpc) is 2.05. The van der Waals surface area contributed by atoms with E-state index in [1.54, 1.807) is 0 Å². The van der Waals surface area contributed by atoms with Gasteiger partial charge in [0.2, 0.25) is 0 Å². The zero-order chi connectivity index (χ0) is 9.90. The van der Waals surface area contributed by atoms with Gasteiger partial charge in [-0.3, -0.25) is 0 Å². The highest BCUT2D eigenvalue weighted by atomic mass is 16.4. The number of nitrogens with zero attached hydrogens (tertiary/aromatic N) is 2. The first-order valence-corrected chi connectivity index (χ1v) is 3.72. The lowest BCUT2D eigenvalue weighted by Gasteiger charge is -2.16. The van der Waals surface area contributed by atoms with Gasteiger partial charge in [0.1, 0.15) is 6.33 Å². The molecule has 5 heteroatoms. The highest BCUT2D eigenvalue weighted by Crippen LogP contribution is 2.11. The average molecular weight is 182 g/mol. The molecule has 0 radical (unpaired) electrons. The monoisotopic (exact) mass is 182 g/mol. The summed E-state index contributed by atoms with van der Waals surface area (Å²) in [5.41, 5.74) is -1.17. The van der Waals surface area contributed by atoms with Crippen molar-refractivity contribution in [1.82, 2.24) is 9.97 Å². The molecule has 1 aromatic heterocycles. The van der Waals surface area contributed by atoms with Crippen LogP contribution in [-0.2, 0) is 11.2 Å². The summed E-state index contributed by atoms with van der Waals surface area (Å²) >= 11 is 0. The van der Waals surface area contributed by atoms with Gasteiger partial charge in [-0.2, -0.15) is 0 Å². The molecule has 0 saturated carbocycles. The molecule has 0 aliphatic rings. The third kappa shape index (κ3) is 2.48. The summed E-state index contributed by atoms with van der Waals surface area (Å²) in [6.45, 7) is 1.24. The first-order valence-electron chi connectivity index (χ1n) is 3.72. The van der Waals surface area contributed by atoms with Crippen LogP contribution in [-0.4, -0.2) is 31.8 Å². The van der Waals surface area contributed by atoms with Gasteiger partial charge in [0.05, 0.1) is 0 Å². The second kappa shape index (κ2) is 3.49. The van der Waals surface area contributed by atoms with Gasteiger partial charge in [-0.15, -0.1) is 0 Å². The highest BCUT2D eigenvalue weighted by Gasteiger charge is 2.30. The van der Waals surface area contributed by atoms with Crippen molar-refractivity contribution in [2.45, 2.75) is 18.9 Å². The number of carbonyl (C=O) groups is 1. The van der Waals surface area contributed by atoms with Gasteiger partial charge in [-0.1, -0.05) is 0 Å². The van der Waals surface area contributed by atoms with Crippen molar-refractivity contribution in [3.63, 3.8) is 0 Å². The van der Waals surface area contributed by atoms with Crippen molar-refractivity contribution < 1.29 is 15.0 Å². The lowest BCUT2D eigenvalue weighted by Crippen LogP contribution is -2.37. The van der Waals surface area contributed by atoms with Crippen LogP contribution in [0.3, 0.4) is 0 Å². The summed E-state index contributed by atoms with van der Waals surface area (Å²) in [5.74, 6) is -1.25. The van der Waals surface area contributed by atoms with Crippen molar-refractivity contribution in [1.29, 1.82) is 0 Å². The summed E-state index contributed by atoms with van der Waals surface area (Å²) in [6, 6.07) is 0. The Morgan fingerprint density at radius 1 is 1.54 bits per heavy atom. The van der Waals surface area contributed by atoms with E-state index < -0.39 is 11.6 Å². The molecule has 0 spiro atoms. The van der Waals surface area contributed by atoms with Crippen LogP contribution in [0.1, 0.15) is 12.5 Å². The Balaban J connectivity index is 2.75. The summed E-state index contributed by atoms with van der Waals surface area (Å²) < 4.78 is 0. The number of carboxylic acids is 1. The number of aliphatic hydroxyl groups is 1. The van der Waals surface area contributed by atoms with Gasteiger partial charge in [-0.05, 0) is 12.5 Å². The topological polar surface area (TPSA) is 83.3 Å². The first kappa shape index (κ1) is 9.60. The van der Waals surface area contributed by atoms with E-state index >= 15 is 0 Å². The largest absolute Gasteiger partial charge is 0.479 e. The Labute approximate surface area is 75.1 Å². The molecule has 1 unspecified atom stereocenters. The van der Waals surface area contributed by atoms with Crippen LogP contribution in [0.25, 0.3) is 0 Å². The maximum absolute atomic E-state index is 10.5. The van der Waals surface area contributed by atoms with Crippen LogP contribution in [0.4, 0.5) is 0 Å². The highest BCUT2D eigenvalue weighted by molar-refractivity contribution is 5.76. The second-order valence-electron chi connectivity index (χ2n) is 3.00. The van der Waals surface area contributed by atoms with Crippen LogP contribution in [0.2, 0.25) is 0 Å². The Morgan fingerprint density at radius 2 is 2.08 bits per heavy atom. The van der Waals surface area contributed by atoms with Crippen LogP contribution in [0, 0.1) is 0 Å². The van der Waals surface area contributed by atoms with Gasteiger partial charge in [0.15, 0.2) is 5.60 Å². The Bertz CT molecular complexity index is 298. The van der Waals surface area contributed by atoms with E-state index in [0.29, 0.717) is 5.56 Å². The minimum atomic E-state index is -1.76. The molecule has 5 nitrogen and oxygen atoms in total. The molecule has 13 heavy (non-hydrogen) atoms. The van der Waals surface area contributed by atoms with Crippen molar-refractivity contribution in [2.75, 3.05) is 0 Å². The number of aromatic nitrogens is 2. The van der Waals surface area contributed by atoms with E-state index in [-0.39, 0.29) is 6.42 Å². The fourth-order valence-electron chi connectivity index (χ4n) is 0.894. The lowest BCUT2D eigenvalue weighted by atomic mass is 9.99. The first-order chi connectivity index (χ1) is 6.02. The van der Waals surface area contributed by atoms with Gasteiger partial charge >= 0.3 is 5.97 Å². The number of hydrogen-bond donors (Lipinski definition) is 2. The Kier molecular flexibility index (Phi) is 2.57. The summed E-state index contributed by atoms with van der Waals surface area (Å²) in [6.07, 6.45) is 4.30. The molecule has 0 fully saturated rings. The van der Waals surface area contributed by atoms with E-state index in [1.807, 2.05) is 0 Å². The fourth-order valence-corrected chi connectivity index (χ4v) is 0.894. The van der Waals surface area contributed by atoms with E-state index in [9.17, 15) is 9.90 Å². The molecule has 0 bridgehead atoms. The molecule has 0 aliphatic heterocycles. The Hall–Kier alpha value is -1.49. The molecular formula is C8H10N2O3. The number of rotatable bonds is 3. The van der Waals surface area contributed by atoms with E-state index in [2.05, 4.69) is 9.97 Å². The summed E-state index contributed by atoms with van der Waals surface area (Å²) in [4.78, 5) is 18.0. The molecule has 1 aromatic rings. The standard InChI is InChI=1S/C8H10N2O3/c1-8(13,7(11)12)2-6-3-9-5-10-4-6/h3-5,13H,2H2,1H3,(H,11,12). The number of aliphatic carboxylic acids is 1. The Morgan fingerprint density at radius 3 is 2.54 bits per heavy atom. The van der Waals surface area contributed by atoms with Crippen molar-refractivity contribution in [3.8, 4) is 0 Å². The van der Waals surface area contributed by atoms with E-state index in [0.717, 1.165) is 0 Å². The second-order valence-corrected chi connectivity index (χ2v) is 3.00. The van der Waals surface area contributed by atoms with Crippen LogP contribution >= 0.6 is 0 Å². The normalized spacial score (nSPS) is 14.9. The molecule has 2 N–H and O–H groups in total. The van der Waals surface area contributed by atoms with Gasteiger partial charge < -0.3 is 10.2 Å². The number of carboxylic acid groups (broad SMARTS) is 1. The molecule has 1 atom stereocenters. The molecule has 1 rings (SSSR count). The van der Waals surface area contributed by atoms with Crippen molar-refractivity contribution >= 4 is 5.97 Å². The van der Waals surface area contributed by atoms with Crippen molar-refractivity contribution in [3.05, 3.63) is 24.3 Å². The minimum absolute atomic E-state index is 0.00315. The summed E-state index contributed by atoms with van der Waals surface area (Å²) in [7, 11) is 0.